The van der Waals surface area contributed by atoms with E-state index in [1.165, 1.54) is 19.3 Å². The number of nitrogens with zero attached hydrogens (tertiary/aromatic N) is 2. The molecule has 2 fully saturated rings. The van der Waals surface area contributed by atoms with Crippen molar-refractivity contribution < 1.29 is 9.53 Å². The van der Waals surface area contributed by atoms with E-state index in [2.05, 4.69) is 10.3 Å². The molecule has 1 saturated heterocycles. The van der Waals surface area contributed by atoms with E-state index in [0.717, 1.165) is 50.0 Å². The van der Waals surface area contributed by atoms with E-state index in [9.17, 15) is 4.79 Å². The highest BCUT2D eigenvalue weighted by molar-refractivity contribution is 6.30. The van der Waals surface area contributed by atoms with Crippen LogP contribution in [0.2, 0.25) is 5.02 Å². The molecule has 1 aliphatic heterocycles. The van der Waals surface area contributed by atoms with Gasteiger partial charge in [-0.2, -0.15) is 0 Å². The molecule has 2 aliphatic rings. The second-order valence-electron chi connectivity index (χ2n) is 8.90. The van der Waals surface area contributed by atoms with Crippen molar-refractivity contribution in [3.63, 3.8) is 0 Å². The van der Waals surface area contributed by atoms with Gasteiger partial charge in [-0.05, 0) is 68.6 Å². The molecule has 1 amide bonds. The number of aromatic nitrogens is 1. The lowest BCUT2D eigenvalue weighted by Crippen LogP contribution is -2.45. The number of ether oxygens (including phenoxy) is 1. The Morgan fingerprint density at radius 2 is 1.81 bits per heavy atom. The lowest BCUT2D eigenvalue weighted by atomic mass is 9.93. The number of rotatable bonds is 8. The van der Waals surface area contributed by atoms with Crippen LogP contribution < -0.4 is 5.32 Å². The highest BCUT2D eigenvalue weighted by atomic mass is 35.5. The predicted octanol–water partition coefficient (Wildman–Crippen LogP) is 5.00. The SMILES string of the molecule is O=C(C1CCNCC1)N(CCOC1CCCCC1)C(c1ccc(Cl)cc1)c1ccccn1. The number of piperidine rings is 1. The standard InChI is InChI=1S/C26H34ClN3O2/c27-22-11-9-20(10-12-22)25(24-8-4-5-15-29-24)30(26(31)21-13-16-28-17-14-21)18-19-32-23-6-2-1-3-7-23/h4-5,8-12,15,21,23,25,28H,1-3,6-7,13-14,16-19H2. The fourth-order valence-corrected chi connectivity index (χ4v) is 5.04. The minimum absolute atomic E-state index is 0.0319. The van der Waals surface area contributed by atoms with Crippen LogP contribution in [0.1, 0.15) is 62.2 Å². The molecule has 0 bridgehead atoms. The van der Waals surface area contributed by atoms with Crippen molar-refractivity contribution in [2.24, 2.45) is 5.92 Å². The normalized spacial score (nSPS) is 18.9. The molecular weight excluding hydrogens is 422 g/mol. The third-order valence-electron chi connectivity index (χ3n) is 6.67. The number of hydrogen-bond donors (Lipinski definition) is 1. The molecule has 32 heavy (non-hydrogen) atoms. The Balaban J connectivity index is 1.60. The van der Waals surface area contributed by atoms with Gasteiger partial charge in [-0.1, -0.05) is 49.1 Å². The Bertz CT molecular complexity index is 834. The van der Waals surface area contributed by atoms with Crippen LogP contribution in [0, 0.1) is 5.92 Å². The molecule has 6 heteroatoms. The molecule has 2 heterocycles. The zero-order valence-corrected chi connectivity index (χ0v) is 19.5. The lowest BCUT2D eigenvalue weighted by Gasteiger charge is -2.36. The first-order chi connectivity index (χ1) is 15.7. The van der Waals surface area contributed by atoms with Gasteiger partial charge in [-0.15, -0.1) is 0 Å². The number of carbonyl (C=O) groups excluding carboxylic acids is 1. The summed E-state index contributed by atoms with van der Waals surface area (Å²) in [6, 6.07) is 13.4. The summed E-state index contributed by atoms with van der Waals surface area (Å²) in [5.41, 5.74) is 1.89. The van der Waals surface area contributed by atoms with Crippen LogP contribution >= 0.6 is 11.6 Å². The van der Waals surface area contributed by atoms with Crippen LogP contribution in [0.5, 0.6) is 0 Å². The smallest absolute Gasteiger partial charge is 0.226 e. The number of hydrogen-bond acceptors (Lipinski definition) is 4. The summed E-state index contributed by atoms with van der Waals surface area (Å²) >= 11 is 6.17. The quantitative estimate of drug-likeness (QED) is 0.608. The maximum atomic E-state index is 13.8. The number of halogens is 1. The first-order valence-corrected chi connectivity index (χ1v) is 12.4. The molecule has 1 aliphatic carbocycles. The Kier molecular flexibility index (Phi) is 8.55. The Morgan fingerprint density at radius 3 is 2.50 bits per heavy atom. The van der Waals surface area contributed by atoms with E-state index in [-0.39, 0.29) is 17.9 Å². The summed E-state index contributed by atoms with van der Waals surface area (Å²) in [4.78, 5) is 20.5. The van der Waals surface area contributed by atoms with E-state index in [1.807, 2.05) is 47.4 Å². The van der Waals surface area contributed by atoms with Gasteiger partial charge in [0.1, 0.15) is 0 Å². The predicted molar refractivity (Wildman–Crippen MR) is 128 cm³/mol. The molecule has 5 nitrogen and oxygen atoms in total. The van der Waals surface area contributed by atoms with Gasteiger partial charge in [-0.25, -0.2) is 0 Å². The first kappa shape index (κ1) is 23.2. The van der Waals surface area contributed by atoms with E-state index in [4.69, 9.17) is 16.3 Å². The van der Waals surface area contributed by atoms with Crippen molar-refractivity contribution in [1.29, 1.82) is 0 Å². The fraction of sp³-hybridized carbons (Fsp3) is 0.538. The molecule has 4 rings (SSSR count). The Labute approximate surface area is 196 Å². The zero-order valence-electron chi connectivity index (χ0n) is 18.7. The topological polar surface area (TPSA) is 54.5 Å². The van der Waals surface area contributed by atoms with Crippen LogP contribution in [-0.4, -0.2) is 48.1 Å². The summed E-state index contributed by atoms with van der Waals surface area (Å²) in [7, 11) is 0. The minimum atomic E-state index is -0.259. The van der Waals surface area contributed by atoms with Crippen molar-refractivity contribution >= 4 is 17.5 Å². The van der Waals surface area contributed by atoms with Gasteiger partial charge >= 0.3 is 0 Å². The van der Waals surface area contributed by atoms with E-state index in [0.29, 0.717) is 24.3 Å². The average molecular weight is 456 g/mol. The van der Waals surface area contributed by atoms with Crippen molar-refractivity contribution in [2.75, 3.05) is 26.2 Å². The van der Waals surface area contributed by atoms with Crippen molar-refractivity contribution in [1.82, 2.24) is 15.2 Å². The molecule has 0 spiro atoms. The molecule has 1 aromatic carbocycles. The molecule has 1 aromatic heterocycles. The summed E-state index contributed by atoms with van der Waals surface area (Å²) in [6.45, 7) is 2.89. The Morgan fingerprint density at radius 1 is 1.06 bits per heavy atom. The Hall–Kier alpha value is -1.95. The van der Waals surface area contributed by atoms with Crippen LogP contribution in [-0.2, 0) is 9.53 Å². The lowest BCUT2D eigenvalue weighted by molar-refractivity contribution is -0.139. The van der Waals surface area contributed by atoms with Gasteiger partial charge in [0, 0.05) is 23.7 Å². The molecule has 1 unspecified atom stereocenters. The number of benzene rings is 1. The molecule has 172 valence electrons. The minimum Gasteiger partial charge on any atom is -0.376 e. The molecule has 2 aromatic rings. The monoisotopic (exact) mass is 455 g/mol. The third kappa shape index (κ3) is 6.09. The number of amides is 1. The van der Waals surface area contributed by atoms with Crippen molar-refractivity contribution in [2.45, 2.75) is 57.1 Å². The summed E-state index contributed by atoms with van der Waals surface area (Å²) in [5, 5.41) is 4.06. The van der Waals surface area contributed by atoms with Gasteiger partial charge < -0.3 is 15.0 Å². The molecule has 0 radical (unpaired) electrons. The fourth-order valence-electron chi connectivity index (χ4n) is 4.91. The van der Waals surface area contributed by atoms with E-state index in [1.54, 1.807) is 6.20 Å². The highest BCUT2D eigenvalue weighted by Gasteiger charge is 2.33. The number of nitrogens with one attached hydrogen (secondary N) is 1. The zero-order chi connectivity index (χ0) is 22.2. The molecule has 1 N–H and O–H groups in total. The summed E-state index contributed by atoms with van der Waals surface area (Å²) in [6.07, 6.45) is 9.90. The maximum absolute atomic E-state index is 13.8. The van der Waals surface area contributed by atoms with Gasteiger partial charge in [0.25, 0.3) is 0 Å². The highest BCUT2D eigenvalue weighted by Crippen LogP contribution is 2.31. The van der Waals surface area contributed by atoms with Gasteiger partial charge in [0.15, 0.2) is 0 Å². The van der Waals surface area contributed by atoms with Crippen LogP contribution in [0.3, 0.4) is 0 Å². The van der Waals surface area contributed by atoms with Crippen LogP contribution in [0.25, 0.3) is 0 Å². The van der Waals surface area contributed by atoms with Crippen molar-refractivity contribution in [3.05, 3.63) is 64.9 Å². The second-order valence-corrected chi connectivity index (χ2v) is 9.33. The van der Waals surface area contributed by atoms with E-state index < -0.39 is 0 Å². The average Bonchev–Trinajstić information content (AvgIpc) is 2.86. The molecule has 1 atom stereocenters. The van der Waals surface area contributed by atoms with Gasteiger partial charge in [0.2, 0.25) is 5.91 Å². The van der Waals surface area contributed by atoms with Gasteiger partial charge in [0.05, 0.1) is 24.4 Å². The number of carbonyl (C=O) groups is 1. The largest absolute Gasteiger partial charge is 0.376 e. The number of pyridine rings is 1. The first-order valence-electron chi connectivity index (χ1n) is 12.0. The third-order valence-corrected chi connectivity index (χ3v) is 6.93. The van der Waals surface area contributed by atoms with Crippen LogP contribution in [0.4, 0.5) is 0 Å². The summed E-state index contributed by atoms with van der Waals surface area (Å²) < 4.78 is 6.24. The van der Waals surface area contributed by atoms with Crippen LogP contribution in [0.15, 0.2) is 48.7 Å². The van der Waals surface area contributed by atoms with Crippen molar-refractivity contribution in [3.8, 4) is 0 Å². The second kappa shape index (κ2) is 11.8. The summed E-state index contributed by atoms with van der Waals surface area (Å²) in [5.74, 6) is 0.230. The van der Waals surface area contributed by atoms with E-state index >= 15 is 0 Å². The molecule has 1 saturated carbocycles. The van der Waals surface area contributed by atoms with Gasteiger partial charge in [-0.3, -0.25) is 9.78 Å². The molecular formula is C26H34ClN3O2. The maximum Gasteiger partial charge on any atom is 0.226 e.